The molecular weight excluding hydrogens is 248 g/mol. The van der Waals surface area contributed by atoms with E-state index in [2.05, 4.69) is 37.1 Å². The van der Waals surface area contributed by atoms with Crippen molar-refractivity contribution in [2.24, 2.45) is 5.92 Å². The molecule has 0 bridgehead atoms. The molecule has 0 spiro atoms. The van der Waals surface area contributed by atoms with Crippen LogP contribution >= 0.6 is 0 Å². The van der Waals surface area contributed by atoms with Gasteiger partial charge in [-0.25, -0.2) is 0 Å². The number of piperidine rings is 1. The Hall–Kier alpha value is -1.06. The van der Waals surface area contributed by atoms with Gasteiger partial charge in [-0.05, 0) is 58.3 Å². The Labute approximate surface area is 123 Å². The van der Waals surface area contributed by atoms with Gasteiger partial charge < -0.3 is 10.4 Å². The third-order valence-corrected chi connectivity index (χ3v) is 4.54. The molecule has 1 fully saturated rings. The smallest absolute Gasteiger partial charge is 0.120 e. The lowest BCUT2D eigenvalue weighted by Gasteiger charge is -2.34. The molecule has 3 nitrogen and oxygen atoms in total. The highest BCUT2D eigenvalue weighted by Crippen LogP contribution is 2.30. The van der Waals surface area contributed by atoms with Crippen molar-refractivity contribution >= 4 is 0 Å². The average molecular weight is 276 g/mol. The van der Waals surface area contributed by atoms with E-state index in [9.17, 15) is 5.11 Å². The fraction of sp³-hybridized carbons (Fsp3) is 0.647. The minimum atomic E-state index is 0.273. The van der Waals surface area contributed by atoms with E-state index in [-0.39, 0.29) is 6.04 Å². The molecule has 0 aromatic heterocycles. The van der Waals surface area contributed by atoms with Gasteiger partial charge in [0.2, 0.25) is 0 Å². The maximum absolute atomic E-state index is 10.1. The summed E-state index contributed by atoms with van der Waals surface area (Å²) in [5, 5.41) is 13.5. The van der Waals surface area contributed by atoms with Gasteiger partial charge in [0.15, 0.2) is 0 Å². The monoisotopic (exact) mass is 276 g/mol. The van der Waals surface area contributed by atoms with Crippen LogP contribution in [0.15, 0.2) is 18.2 Å². The van der Waals surface area contributed by atoms with E-state index in [1.54, 1.807) is 0 Å². The molecule has 1 aromatic carbocycles. The third kappa shape index (κ3) is 3.74. The lowest BCUT2D eigenvalue weighted by Crippen LogP contribution is -2.37. The molecule has 1 aliphatic heterocycles. The molecule has 0 aliphatic carbocycles. The Morgan fingerprint density at radius 3 is 2.70 bits per heavy atom. The minimum Gasteiger partial charge on any atom is -0.508 e. The first-order chi connectivity index (χ1) is 9.61. The first kappa shape index (κ1) is 15.3. The van der Waals surface area contributed by atoms with Crippen LogP contribution in [0.4, 0.5) is 0 Å². The van der Waals surface area contributed by atoms with Crippen LogP contribution in [0.5, 0.6) is 5.75 Å². The van der Waals surface area contributed by atoms with Crippen molar-refractivity contribution in [2.45, 2.75) is 39.7 Å². The van der Waals surface area contributed by atoms with Gasteiger partial charge >= 0.3 is 0 Å². The van der Waals surface area contributed by atoms with Crippen molar-refractivity contribution in [3.05, 3.63) is 29.3 Å². The summed E-state index contributed by atoms with van der Waals surface area (Å²) in [6, 6.07) is 6.17. The van der Waals surface area contributed by atoms with Gasteiger partial charge in [0.25, 0.3) is 0 Å². The van der Waals surface area contributed by atoms with Crippen LogP contribution in [-0.2, 0) is 0 Å². The van der Waals surface area contributed by atoms with Crippen molar-refractivity contribution in [1.29, 1.82) is 0 Å². The van der Waals surface area contributed by atoms with Gasteiger partial charge in [-0.15, -0.1) is 0 Å². The van der Waals surface area contributed by atoms with Crippen LogP contribution < -0.4 is 5.32 Å². The van der Waals surface area contributed by atoms with E-state index in [0.29, 0.717) is 5.75 Å². The highest BCUT2D eigenvalue weighted by molar-refractivity contribution is 5.37. The summed E-state index contributed by atoms with van der Waals surface area (Å²) < 4.78 is 0. The van der Waals surface area contributed by atoms with Gasteiger partial charge in [-0.2, -0.15) is 0 Å². The summed E-state index contributed by atoms with van der Waals surface area (Å²) in [6.07, 6.45) is 2.53. The van der Waals surface area contributed by atoms with Crippen LogP contribution in [0.3, 0.4) is 0 Å². The van der Waals surface area contributed by atoms with Crippen molar-refractivity contribution in [2.75, 3.05) is 26.2 Å². The van der Waals surface area contributed by atoms with E-state index in [0.717, 1.165) is 37.7 Å². The summed E-state index contributed by atoms with van der Waals surface area (Å²) in [5.41, 5.74) is 2.27. The summed E-state index contributed by atoms with van der Waals surface area (Å²) in [6.45, 7) is 11.0. The molecule has 0 amide bonds. The van der Waals surface area contributed by atoms with Gasteiger partial charge in [0.05, 0.1) is 0 Å². The summed E-state index contributed by atoms with van der Waals surface area (Å²) in [7, 11) is 0. The molecule has 1 heterocycles. The molecule has 1 aromatic rings. The van der Waals surface area contributed by atoms with Gasteiger partial charge in [0, 0.05) is 18.2 Å². The van der Waals surface area contributed by atoms with E-state index >= 15 is 0 Å². The van der Waals surface area contributed by atoms with Crippen molar-refractivity contribution in [3.8, 4) is 5.75 Å². The Morgan fingerprint density at radius 1 is 1.35 bits per heavy atom. The van der Waals surface area contributed by atoms with Crippen LogP contribution in [-0.4, -0.2) is 36.2 Å². The predicted octanol–water partition coefficient (Wildman–Crippen LogP) is 3.08. The second kappa shape index (κ2) is 7.09. The van der Waals surface area contributed by atoms with Crippen molar-refractivity contribution in [1.82, 2.24) is 10.2 Å². The molecule has 3 heteroatoms. The molecule has 1 unspecified atom stereocenters. The molecule has 112 valence electrons. The SMILES string of the molecule is CCN(CC1CCNCC1)C(C)c1cc(C)ccc1O. The lowest BCUT2D eigenvalue weighted by molar-refractivity contribution is 0.166. The zero-order chi connectivity index (χ0) is 14.5. The first-order valence-electron chi connectivity index (χ1n) is 7.86. The number of hydrogen-bond acceptors (Lipinski definition) is 3. The molecular formula is C17H28N2O. The van der Waals surface area contributed by atoms with Crippen LogP contribution in [0.2, 0.25) is 0 Å². The van der Waals surface area contributed by atoms with Crippen LogP contribution in [0.25, 0.3) is 0 Å². The Morgan fingerprint density at radius 2 is 2.05 bits per heavy atom. The number of rotatable bonds is 5. The van der Waals surface area contributed by atoms with E-state index in [1.807, 2.05) is 12.1 Å². The number of aromatic hydroxyl groups is 1. The first-order valence-corrected chi connectivity index (χ1v) is 7.86. The van der Waals surface area contributed by atoms with Crippen LogP contribution in [0, 0.1) is 12.8 Å². The normalized spacial score (nSPS) is 18.4. The standard InChI is InChI=1S/C17H28N2O/c1-4-19(12-15-7-9-18-10-8-15)14(3)16-11-13(2)5-6-17(16)20/h5-6,11,14-15,18,20H,4,7-10,12H2,1-3H3. The van der Waals surface area contributed by atoms with E-state index in [4.69, 9.17) is 0 Å². The number of phenolic OH excluding ortho intramolecular Hbond substituents is 1. The van der Waals surface area contributed by atoms with Crippen LogP contribution in [0.1, 0.15) is 43.9 Å². The Kier molecular flexibility index (Phi) is 5.44. The summed E-state index contributed by atoms with van der Waals surface area (Å²) >= 11 is 0. The molecule has 1 saturated heterocycles. The maximum Gasteiger partial charge on any atom is 0.120 e. The summed E-state index contributed by atoms with van der Waals surface area (Å²) in [4.78, 5) is 2.49. The fourth-order valence-electron chi connectivity index (χ4n) is 3.16. The van der Waals surface area contributed by atoms with E-state index < -0.39 is 0 Å². The lowest BCUT2D eigenvalue weighted by atomic mass is 9.95. The zero-order valence-electron chi connectivity index (χ0n) is 13.0. The number of hydrogen-bond donors (Lipinski definition) is 2. The molecule has 20 heavy (non-hydrogen) atoms. The number of nitrogens with one attached hydrogen (secondary N) is 1. The number of benzene rings is 1. The molecule has 2 N–H and O–H groups in total. The number of aryl methyl sites for hydroxylation is 1. The average Bonchev–Trinajstić information content (AvgIpc) is 2.47. The number of nitrogens with zero attached hydrogens (tertiary/aromatic N) is 1. The molecule has 0 saturated carbocycles. The van der Waals surface area contributed by atoms with Gasteiger partial charge in [0.1, 0.15) is 5.75 Å². The minimum absolute atomic E-state index is 0.273. The Balaban J connectivity index is 2.07. The topological polar surface area (TPSA) is 35.5 Å². The quantitative estimate of drug-likeness (QED) is 0.867. The molecule has 0 radical (unpaired) electrons. The summed E-state index contributed by atoms with van der Waals surface area (Å²) in [5.74, 6) is 1.21. The van der Waals surface area contributed by atoms with Gasteiger partial charge in [-0.3, -0.25) is 4.90 Å². The molecule has 2 rings (SSSR count). The maximum atomic E-state index is 10.1. The highest BCUT2D eigenvalue weighted by Gasteiger charge is 2.22. The second-order valence-corrected chi connectivity index (χ2v) is 6.02. The predicted molar refractivity (Wildman–Crippen MR) is 84.1 cm³/mol. The second-order valence-electron chi connectivity index (χ2n) is 6.02. The highest BCUT2D eigenvalue weighted by atomic mass is 16.3. The molecule has 1 atom stereocenters. The van der Waals surface area contributed by atoms with Crippen molar-refractivity contribution < 1.29 is 5.11 Å². The van der Waals surface area contributed by atoms with Gasteiger partial charge in [-0.1, -0.05) is 24.6 Å². The zero-order valence-corrected chi connectivity index (χ0v) is 13.0. The van der Waals surface area contributed by atoms with Crippen molar-refractivity contribution in [3.63, 3.8) is 0 Å². The van der Waals surface area contributed by atoms with E-state index in [1.165, 1.54) is 18.4 Å². The Bertz CT molecular complexity index is 427. The largest absolute Gasteiger partial charge is 0.508 e. The fourth-order valence-corrected chi connectivity index (χ4v) is 3.16. The number of phenols is 1. The third-order valence-electron chi connectivity index (χ3n) is 4.54. The molecule has 1 aliphatic rings.